The summed E-state index contributed by atoms with van der Waals surface area (Å²) in [5.41, 5.74) is 8.00. The molecule has 4 aromatic rings. The molecule has 0 bridgehead atoms. The third-order valence-corrected chi connectivity index (χ3v) is 5.31. The summed E-state index contributed by atoms with van der Waals surface area (Å²) >= 11 is 1.21. The molecule has 2 N–H and O–H groups in total. The Kier molecular flexibility index (Phi) is 4.07. The highest BCUT2D eigenvalue weighted by Crippen LogP contribution is 2.35. The first kappa shape index (κ1) is 16.8. The zero-order valence-corrected chi connectivity index (χ0v) is 14.9. The van der Waals surface area contributed by atoms with Gasteiger partial charge in [0, 0.05) is 17.0 Å². The van der Waals surface area contributed by atoms with E-state index in [0.29, 0.717) is 37.6 Å². The molecular weight excluding hydrogens is 358 g/mol. The number of thiophene rings is 1. The number of hydrogen-bond acceptors (Lipinski definition) is 5. The van der Waals surface area contributed by atoms with Gasteiger partial charge in [-0.2, -0.15) is 5.26 Å². The Morgan fingerprint density at radius 2 is 1.70 bits per heavy atom. The second-order valence-corrected chi connectivity index (χ2v) is 6.95. The van der Waals surface area contributed by atoms with Crippen molar-refractivity contribution in [1.82, 2.24) is 4.57 Å². The van der Waals surface area contributed by atoms with Crippen molar-refractivity contribution in [3.05, 3.63) is 93.8 Å². The standard InChI is InChI=1S/C21H13N3O2S/c22-12-13-6-8-14(9-7-13)19(26)18-16-10-11-17(25)24(21(16)27-20(18)23)15-4-2-1-3-5-15/h1-11H,23H2. The van der Waals surface area contributed by atoms with Crippen LogP contribution in [0, 0.1) is 11.3 Å². The lowest BCUT2D eigenvalue weighted by Gasteiger charge is -2.07. The number of anilines is 1. The van der Waals surface area contributed by atoms with Crippen LogP contribution in [0.3, 0.4) is 0 Å². The summed E-state index contributed by atoms with van der Waals surface area (Å²) in [5.74, 6) is -0.235. The summed E-state index contributed by atoms with van der Waals surface area (Å²) in [4.78, 5) is 26.1. The highest BCUT2D eigenvalue weighted by atomic mass is 32.1. The lowest BCUT2D eigenvalue weighted by atomic mass is 10.0. The summed E-state index contributed by atoms with van der Waals surface area (Å²) in [6.07, 6.45) is 0. The summed E-state index contributed by atoms with van der Waals surface area (Å²) in [7, 11) is 0. The van der Waals surface area contributed by atoms with Crippen molar-refractivity contribution in [2.75, 3.05) is 5.73 Å². The SMILES string of the molecule is N#Cc1ccc(C(=O)c2c(N)sc3c2ccc(=O)n3-c2ccccc2)cc1. The lowest BCUT2D eigenvalue weighted by Crippen LogP contribution is -2.16. The molecule has 0 aliphatic rings. The number of nitriles is 1. The van der Waals surface area contributed by atoms with Gasteiger partial charge in [0.25, 0.3) is 5.56 Å². The largest absolute Gasteiger partial charge is 0.390 e. The molecule has 0 saturated carbocycles. The first-order valence-corrected chi connectivity index (χ1v) is 8.96. The molecule has 0 fully saturated rings. The van der Waals surface area contributed by atoms with E-state index in [1.807, 2.05) is 36.4 Å². The van der Waals surface area contributed by atoms with Crippen molar-refractivity contribution in [2.24, 2.45) is 0 Å². The van der Waals surface area contributed by atoms with Crippen molar-refractivity contribution in [3.63, 3.8) is 0 Å². The van der Waals surface area contributed by atoms with Gasteiger partial charge >= 0.3 is 0 Å². The molecule has 0 amide bonds. The second-order valence-electron chi connectivity index (χ2n) is 5.92. The zero-order valence-electron chi connectivity index (χ0n) is 14.0. The van der Waals surface area contributed by atoms with Gasteiger partial charge in [-0.05, 0) is 42.5 Å². The number of carbonyl (C=O) groups excluding carboxylic acids is 1. The fraction of sp³-hybridized carbons (Fsp3) is 0. The van der Waals surface area contributed by atoms with Crippen LogP contribution in [0.2, 0.25) is 0 Å². The number of nitrogens with zero attached hydrogens (tertiary/aromatic N) is 2. The van der Waals surface area contributed by atoms with E-state index in [0.717, 1.165) is 0 Å². The molecule has 0 atom stereocenters. The van der Waals surface area contributed by atoms with E-state index in [2.05, 4.69) is 0 Å². The smallest absolute Gasteiger partial charge is 0.256 e. The summed E-state index contributed by atoms with van der Waals surface area (Å²) in [5, 5.41) is 9.91. The maximum Gasteiger partial charge on any atom is 0.256 e. The number of benzene rings is 2. The molecular formula is C21H13N3O2S. The zero-order chi connectivity index (χ0) is 19.0. The van der Waals surface area contributed by atoms with Crippen molar-refractivity contribution >= 4 is 32.3 Å². The molecule has 130 valence electrons. The van der Waals surface area contributed by atoms with E-state index < -0.39 is 0 Å². The molecule has 2 aromatic carbocycles. The number of aromatic nitrogens is 1. The predicted octanol–water partition coefficient (Wildman–Crippen LogP) is 3.74. The maximum atomic E-state index is 13.0. The third-order valence-electron chi connectivity index (χ3n) is 4.29. The molecule has 27 heavy (non-hydrogen) atoms. The number of nitrogen functional groups attached to an aromatic ring is 1. The Labute approximate surface area is 158 Å². The van der Waals surface area contributed by atoms with E-state index >= 15 is 0 Å². The van der Waals surface area contributed by atoms with Crippen molar-refractivity contribution < 1.29 is 4.79 Å². The van der Waals surface area contributed by atoms with Crippen LogP contribution in [0.15, 0.2) is 71.5 Å². The van der Waals surface area contributed by atoms with Gasteiger partial charge < -0.3 is 5.73 Å². The van der Waals surface area contributed by atoms with Gasteiger partial charge in [-0.15, -0.1) is 0 Å². The molecule has 0 aliphatic heterocycles. The minimum absolute atomic E-state index is 0.188. The Hall–Kier alpha value is -3.69. The van der Waals surface area contributed by atoms with Crippen LogP contribution in [0.25, 0.3) is 15.9 Å². The van der Waals surface area contributed by atoms with Gasteiger partial charge in [0.15, 0.2) is 5.78 Å². The number of rotatable bonds is 3. The molecule has 0 saturated heterocycles. The van der Waals surface area contributed by atoms with E-state index in [1.165, 1.54) is 17.4 Å². The fourth-order valence-corrected chi connectivity index (χ4v) is 4.08. The lowest BCUT2D eigenvalue weighted by molar-refractivity contribution is 0.104. The number of ketones is 1. The summed E-state index contributed by atoms with van der Waals surface area (Å²) in [6.45, 7) is 0. The minimum atomic E-state index is -0.235. The molecule has 0 spiro atoms. The monoisotopic (exact) mass is 371 g/mol. The second kappa shape index (κ2) is 6.56. The Balaban J connectivity index is 1.93. The van der Waals surface area contributed by atoms with Gasteiger partial charge in [-0.3, -0.25) is 14.2 Å². The van der Waals surface area contributed by atoms with E-state index in [-0.39, 0.29) is 11.3 Å². The van der Waals surface area contributed by atoms with Gasteiger partial charge in [0.05, 0.1) is 27.9 Å². The van der Waals surface area contributed by atoms with Gasteiger partial charge in [0.1, 0.15) is 4.83 Å². The molecule has 2 heterocycles. The van der Waals surface area contributed by atoms with Crippen LogP contribution >= 0.6 is 11.3 Å². The Morgan fingerprint density at radius 3 is 2.37 bits per heavy atom. The van der Waals surface area contributed by atoms with Crippen LogP contribution in [0.1, 0.15) is 21.5 Å². The van der Waals surface area contributed by atoms with E-state index in [1.54, 1.807) is 34.9 Å². The number of fused-ring (bicyclic) bond motifs is 1. The average molecular weight is 371 g/mol. The quantitative estimate of drug-likeness (QED) is 0.556. The van der Waals surface area contributed by atoms with Gasteiger partial charge in [-0.25, -0.2) is 0 Å². The van der Waals surface area contributed by atoms with Gasteiger partial charge in [0.2, 0.25) is 0 Å². The molecule has 0 unspecified atom stereocenters. The Bertz CT molecular complexity index is 1260. The number of para-hydroxylation sites is 1. The fourth-order valence-electron chi connectivity index (χ4n) is 3.00. The Morgan fingerprint density at radius 1 is 1.00 bits per heavy atom. The van der Waals surface area contributed by atoms with Crippen molar-refractivity contribution in [3.8, 4) is 11.8 Å². The van der Waals surface area contributed by atoms with Crippen molar-refractivity contribution in [2.45, 2.75) is 0 Å². The number of carbonyl (C=O) groups is 1. The topological polar surface area (TPSA) is 88.9 Å². The third kappa shape index (κ3) is 2.80. The van der Waals surface area contributed by atoms with Crippen LogP contribution in [0.5, 0.6) is 0 Å². The highest BCUT2D eigenvalue weighted by molar-refractivity contribution is 7.22. The van der Waals surface area contributed by atoms with Crippen LogP contribution < -0.4 is 11.3 Å². The highest BCUT2D eigenvalue weighted by Gasteiger charge is 2.21. The van der Waals surface area contributed by atoms with Crippen LogP contribution in [0.4, 0.5) is 5.00 Å². The molecule has 6 heteroatoms. The van der Waals surface area contributed by atoms with Crippen LogP contribution in [-0.2, 0) is 0 Å². The average Bonchev–Trinajstić information content (AvgIpc) is 3.03. The predicted molar refractivity (Wildman–Crippen MR) is 106 cm³/mol. The normalized spacial score (nSPS) is 10.6. The minimum Gasteiger partial charge on any atom is -0.390 e. The van der Waals surface area contributed by atoms with Gasteiger partial charge in [-0.1, -0.05) is 29.5 Å². The van der Waals surface area contributed by atoms with Crippen molar-refractivity contribution in [1.29, 1.82) is 5.26 Å². The number of pyridine rings is 1. The first-order valence-electron chi connectivity index (χ1n) is 8.14. The summed E-state index contributed by atoms with van der Waals surface area (Å²) < 4.78 is 1.56. The van der Waals surface area contributed by atoms with E-state index in [4.69, 9.17) is 11.0 Å². The van der Waals surface area contributed by atoms with Crippen LogP contribution in [-0.4, -0.2) is 10.4 Å². The number of nitrogens with two attached hydrogens (primary N) is 1. The molecule has 4 rings (SSSR count). The molecule has 5 nitrogen and oxygen atoms in total. The maximum absolute atomic E-state index is 13.0. The summed E-state index contributed by atoms with van der Waals surface area (Å²) in [6, 6.07) is 20.7. The molecule has 2 aromatic heterocycles. The van der Waals surface area contributed by atoms with E-state index in [9.17, 15) is 9.59 Å². The first-order chi connectivity index (χ1) is 13.1. The number of hydrogen-bond donors (Lipinski definition) is 1. The molecule has 0 radical (unpaired) electrons. The molecule has 0 aliphatic carbocycles.